The molecule has 0 spiro atoms. The van der Waals surface area contributed by atoms with Gasteiger partial charge in [0.25, 0.3) is 0 Å². The van der Waals surface area contributed by atoms with Gasteiger partial charge in [-0.3, -0.25) is 9.59 Å². The lowest BCUT2D eigenvalue weighted by molar-refractivity contribution is -0.142. The Hall–Kier alpha value is -1.63. The van der Waals surface area contributed by atoms with E-state index in [1.165, 1.54) is 0 Å². The normalized spacial score (nSPS) is 13.4. The fraction of sp³-hybridized carbons (Fsp3) is 0.786. The minimum absolute atomic E-state index is 0.0115. The van der Waals surface area contributed by atoms with Gasteiger partial charge >= 0.3 is 5.97 Å². The SMILES string of the molecule is CCCC(CCN)CCC(=O)N[C@H](CCC(N)=O)C(=O)O. The van der Waals surface area contributed by atoms with Crippen molar-refractivity contribution in [2.45, 2.75) is 57.9 Å². The Morgan fingerprint density at radius 1 is 1.10 bits per heavy atom. The number of carboxylic acid groups (broad SMARTS) is 1. The summed E-state index contributed by atoms with van der Waals surface area (Å²) in [5.74, 6) is -1.66. The second kappa shape index (κ2) is 11.1. The third-order valence-electron chi connectivity index (χ3n) is 3.36. The van der Waals surface area contributed by atoms with Crippen LogP contribution in [0, 0.1) is 5.92 Å². The molecule has 0 fully saturated rings. The summed E-state index contributed by atoms with van der Waals surface area (Å²) in [6.07, 6.45) is 3.81. The van der Waals surface area contributed by atoms with Crippen LogP contribution in [0.25, 0.3) is 0 Å². The van der Waals surface area contributed by atoms with E-state index in [2.05, 4.69) is 12.2 Å². The summed E-state index contributed by atoms with van der Waals surface area (Å²) >= 11 is 0. The number of amides is 2. The summed E-state index contributed by atoms with van der Waals surface area (Å²) in [6, 6.07) is -1.07. The molecule has 7 heteroatoms. The maximum atomic E-state index is 11.8. The van der Waals surface area contributed by atoms with Gasteiger partial charge < -0.3 is 21.9 Å². The quantitative estimate of drug-likeness (QED) is 0.413. The highest BCUT2D eigenvalue weighted by Gasteiger charge is 2.20. The molecular formula is C14H27N3O4. The fourth-order valence-electron chi connectivity index (χ4n) is 2.22. The molecule has 0 aromatic heterocycles. The van der Waals surface area contributed by atoms with Crippen LogP contribution in [-0.4, -0.2) is 35.5 Å². The van der Waals surface area contributed by atoms with Crippen LogP contribution in [0.3, 0.4) is 0 Å². The van der Waals surface area contributed by atoms with Crippen LogP contribution < -0.4 is 16.8 Å². The van der Waals surface area contributed by atoms with Crippen molar-refractivity contribution in [3.05, 3.63) is 0 Å². The number of hydrogen-bond donors (Lipinski definition) is 4. The van der Waals surface area contributed by atoms with E-state index in [0.29, 0.717) is 18.9 Å². The zero-order valence-electron chi connectivity index (χ0n) is 12.6. The first kappa shape index (κ1) is 19.4. The summed E-state index contributed by atoms with van der Waals surface area (Å²) in [5, 5.41) is 11.4. The van der Waals surface area contributed by atoms with Gasteiger partial charge in [-0.05, 0) is 31.7 Å². The van der Waals surface area contributed by atoms with Crippen LogP contribution in [0.2, 0.25) is 0 Å². The van der Waals surface area contributed by atoms with Crippen LogP contribution in [0.4, 0.5) is 0 Å². The Bertz CT molecular complexity index is 341. The molecule has 2 amide bonds. The molecule has 7 nitrogen and oxygen atoms in total. The van der Waals surface area contributed by atoms with Crippen molar-refractivity contribution in [3.63, 3.8) is 0 Å². The van der Waals surface area contributed by atoms with Gasteiger partial charge in [0, 0.05) is 12.8 Å². The minimum atomic E-state index is -1.16. The lowest BCUT2D eigenvalue weighted by Crippen LogP contribution is -2.41. The highest BCUT2D eigenvalue weighted by Crippen LogP contribution is 2.16. The van der Waals surface area contributed by atoms with E-state index in [1.807, 2.05) is 0 Å². The summed E-state index contributed by atoms with van der Waals surface area (Å²) in [5.41, 5.74) is 10.5. The van der Waals surface area contributed by atoms with Crippen LogP contribution in [0.1, 0.15) is 51.9 Å². The summed E-state index contributed by atoms with van der Waals surface area (Å²) in [4.78, 5) is 33.5. The smallest absolute Gasteiger partial charge is 0.326 e. The number of hydrogen-bond acceptors (Lipinski definition) is 4. The van der Waals surface area contributed by atoms with Gasteiger partial charge in [0.05, 0.1) is 0 Å². The first-order valence-electron chi connectivity index (χ1n) is 7.41. The molecule has 0 aliphatic heterocycles. The molecule has 0 aliphatic carbocycles. The van der Waals surface area contributed by atoms with Gasteiger partial charge in [-0.25, -0.2) is 4.79 Å². The van der Waals surface area contributed by atoms with Crippen molar-refractivity contribution in [1.29, 1.82) is 0 Å². The predicted octanol–water partition coefficient (Wildman–Crippen LogP) is 0.367. The first-order chi connectivity index (χ1) is 9.90. The van der Waals surface area contributed by atoms with Crippen LogP contribution in [-0.2, 0) is 14.4 Å². The highest BCUT2D eigenvalue weighted by molar-refractivity contribution is 5.84. The molecule has 0 radical (unpaired) electrons. The largest absolute Gasteiger partial charge is 0.480 e. The third-order valence-corrected chi connectivity index (χ3v) is 3.36. The number of nitrogens with two attached hydrogens (primary N) is 2. The number of aliphatic carboxylic acids is 1. The maximum absolute atomic E-state index is 11.8. The molecule has 0 heterocycles. The Morgan fingerprint density at radius 3 is 2.24 bits per heavy atom. The van der Waals surface area contributed by atoms with Crippen molar-refractivity contribution < 1.29 is 19.5 Å². The molecular weight excluding hydrogens is 274 g/mol. The number of carbonyl (C=O) groups is 3. The monoisotopic (exact) mass is 301 g/mol. The van der Waals surface area contributed by atoms with Crippen molar-refractivity contribution in [2.75, 3.05) is 6.54 Å². The molecule has 0 aromatic carbocycles. The van der Waals surface area contributed by atoms with Crippen LogP contribution in [0.5, 0.6) is 0 Å². The van der Waals surface area contributed by atoms with Crippen molar-refractivity contribution in [3.8, 4) is 0 Å². The molecule has 1 unspecified atom stereocenters. The second-order valence-electron chi connectivity index (χ2n) is 5.23. The number of nitrogens with one attached hydrogen (secondary N) is 1. The van der Waals surface area contributed by atoms with Crippen LogP contribution in [0.15, 0.2) is 0 Å². The summed E-state index contributed by atoms with van der Waals surface area (Å²) in [6.45, 7) is 2.66. The minimum Gasteiger partial charge on any atom is -0.480 e. The van der Waals surface area contributed by atoms with Gasteiger partial charge in [-0.15, -0.1) is 0 Å². The molecule has 0 bridgehead atoms. The summed E-state index contributed by atoms with van der Waals surface area (Å²) in [7, 11) is 0. The number of carboxylic acids is 1. The first-order valence-corrected chi connectivity index (χ1v) is 7.41. The van der Waals surface area contributed by atoms with E-state index in [9.17, 15) is 14.4 Å². The average Bonchev–Trinajstić information content (AvgIpc) is 2.40. The number of primary amides is 1. The van der Waals surface area contributed by atoms with E-state index in [-0.39, 0.29) is 25.2 Å². The van der Waals surface area contributed by atoms with E-state index in [4.69, 9.17) is 16.6 Å². The topological polar surface area (TPSA) is 136 Å². The number of carbonyl (C=O) groups excluding carboxylic acids is 2. The van der Waals surface area contributed by atoms with Gasteiger partial charge in [-0.1, -0.05) is 19.8 Å². The molecule has 21 heavy (non-hydrogen) atoms. The van der Waals surface area contributed by atoms with E-state index >= 15 is 0 Å². The second-order valence-corrected chi connectivity index (χ2v) is 5.23. The molecule has 0 saturated carbocycles. The summed E-state index contributed by atoms with van der Waals surface area (Å²) < 4.78 is 0. The average molecular weight is 301 g/mol. The predicted molar refractivity (Wildman–Crippen MR) is 79.3 cm³/mol. The standard InChI is InChI=1S/C14H27N3O4/c1-2-3-10(8-9-15)4-7-13(19)17-11(14(20)21)5-6-12(16)18/h10-11H,2-9,15H2,1H3,(H2,16,18)(H,17,19)(H,20,21)/t10?,11-/m1/s1. The zero-order valence-corrected chi connectivity index (χ0v) is 12.6. The molecule has 0 aromatic rings. The van der Waals surface area contributed by atoms with Crippen molar-refractivity contribution in [2.24, 2.45) is 17.4 Å². The zero-order chi connectivity index (χ0) is 16.3. The van der Waals surface area contributed by atoms with Gasteiger partial charge in [-0.2, -0.15) is 0 Å². The van der Waals surface area contributed by atoms with Gasteiger partial charge in [0.15, 0.2) is 0 Å². The van der Waals surface area contributed by atoms with E-state index < -0.39 is 17.9 Å². The molecule has 0 saturated heterocycles. The number of rotatable bonds is 12. The Kier molecular flexibility index (Phi) is 10.2. The Morgan fingerprint density at radius 2 is 1.76 bits per heavy atom. The fourth-order valence-corrected chi connectivity index (χ4v) is 2.22. The van der Waals surface area contributed by atoms with Gasteiger partial charge in [0.2, 0.25) is 11.8 Å². The van der Waals surface area contributed by atoms with Crippen LogP contribution >= 0.6 is 0 Å². The maximum Gasteiger partial charge on any atom is 0.326 e. The lowest BCUT2D eigenvalue weighted by Gasteiger charge is -2.17. The van der Waals surface area contributed by atoms with E-state index in [1.54, 1.807) is 0 Å². The lowest BCUT2D eigenvalue weighted by atomic mass is 9.94. The Balaban J connectivity index is 4.23. The van der Waals surface area contributed by atoms with Crippen molar-refractivity contribution in [1.82, 2.24) is 5.32 Å². The Labute approximate surface area is 125 Å². The molecule has 2 atom stereocenters. The molecule has 6 N–H and O–H groups in total. The highest BCUT2D eigenvalue weighted by atomic mass is 16.4. The molecule has 0 rings (SSSR count). The molecule has 0 aliphatic rings. The molecule has 122 valence electrons. The van der Waals surface area contributed by atoms with Gasteiger partial charge in [0.1, 0.15) is 6.04 Å². The third kappa shape index (κ3) is 9.84. The van der Waals surface area contributed by atoms with E-state index in [0.717, 1.165) is 19.3 Å². The van der Waals surface area contributed by atoms with Crippen molar-refractivity contribution >= 4 is 17.8 Å².